The van der Waals surface area contributed by atoms with Gasteiger partial charge in [-0.3, -0.25) is 10.1 Å². The van der Waals surface area contributed by atoms with Gasteiger partial charge < -0.3 is 5.32 Å². The molecule has 0 aliphatic carbocycles. The van der Waals surface area contributed by atoms with Crippen LogP contribution < -0.4 is 10.6 Å². The van der Waals surface area contributed by atoms with E-state index >= 15 is 0 Å². The Hall–Kier alpha value is -1.07. The maximum absolute atomic E-state index is 11.5. The number of hydrogen-bond acceptors (Lipinski definition) is 2. The second-order valence-corrected chi connectivity index (χ2v) is 5.24. The fourth-order valence-corrected chi connectivity index (χ4v) is 1.96. The van der Waals surface area contributed by atoms with Crippen LogP contribution >= 0.6 is 27.5 Å². The maximum Gasteiger partial charge on any atom is 0.325 e. The first-order valence-electron chi connectivity index (χ1n) is 6.04. The van der Waals surface area contributed by atoms with E-state index in [-0.39, 0.29) is 5.91 Å². The molecule has 0 aliphatic heterocycles. The lowest BCUT2D eigenvalue weighted by atomic mass is 10.2. The van der Waals surface area contributed by atoms with Gasteiger partial charge in [0.05, 0.1) is 0 Å². The van der Waals surface area contributed by atoms with Crippen molar-refractivity contribution in [2.75, 3.05) is 10.6 Å². The van der Waals surface area contributed by atoms with Crippen LogP contribution in [0.15, 0.2) is 24.3 Å². The zero-order valence-electron chi connectivity index (χ0n) is 10.4. The first-order valence-corrected chi connectivity index (χ1v) is 7.54. The number of benzene rings is 1. The molecule has 0 atom stereocenters. The lowest BCUT2D eigenvalue weighted by molar-refractivity contribution is -0.120. The van der Waals surface area contributed by atoms with E-state index in [1.54, 1.807) is 24.3 Å². The number of anilines is 1. The molecule has 0 aromatic heterocycles. The van der Waals surface area contributed by atoms with Gasteiger partial charge in [0.25, 0.3) is 0 Å². The molecule has 1 rings (SSSR count). The lowest BCUT2D eigenvalue weighted by Gasteiger charge is -2.06. The standard InChI is InChI=1S/C13H16BrClN2O2/c14-9-3-1-2-4-12(18)17-13(19)16-11-7-5-10(15)6-8-11/h5-8H,1-4,9H2,(H2,16,17,18,19). The Morgan fingerprint density at radius 2 is 1.79 bits per heavy atom. The Morgan fingerprint density at radius 3 is 2.42 bits per heavy atom. The Kier molecular flexibility index (Phi) is 7.52. The molecule has 0 saturated carbocycles. The summed E-state index contributed by atoms with van der Waals surface area (Å²) in [4.78, 5) is 23.0. The number of hydrogen-bond donors (Lipinski definition) is 2. The van der Waals surface area contributed by atoms with Crippen molar-refractivity contribution in [3.8, 4) is 0 Å². The fraction of sp³-hybridized carbons (Fsp3) is 0.385. The van der Waals surface area contributed by atoms with Crippen LogP contribution in [0.1, 0.15) is 25.7 Å². The molecule has 1 aromatic carbocycles. The summed E-state index contributed by atoms with van der Waals surface area (Å²) >= 11 is 9.05. The van der Waals surface area contributed by atoms with Crippen LogP contribution in [0.5, 0.6) is 0 Å². The highest BCUT2D eigenvalue weighted by atomic mass is 79.9. The number of nitrogens with one attached hydrogen (secondary N) is 2. The number of urea groups is 1. The van der Waals surface area contributed by atoms with Crippen LogP contribution in [0.3, 0.4) is 0 Å². The summed E-state index contributed by atoms with van der Waals surface area (Å²) in [5, 5.41) is 6.38. The maximum atomic E-state index is 11.5. The summed E-state index contributed by atoms with van der Waals surface area (Å²) in [7, 11) is 0. The van der Waals surface area contributed by atoms with Gasteiger partial charge in [-0.1, -0.05) is 34.0 Å². The highest BCUT2D eigenvalue weighted by molar-refractivity contribution is 9.09. The Bertz CT molecular complexity index is 423. The van der Waals surface area contributed by atoms with Crippen molar-refractivity contribution < 1.29 is 9.59 Å². The zero-order valence-corrected chi connectivity index (χ0v) is 12.8. The number of halogens is 2. The van der Waals surface area contributed by atoms with Crippen molar-refractivity contribution in [1.29, 1.82) is 0 Å². The molecule has 0 heterocycles. The van der Waals surface area contributed by atoms with Gasteiger partial charge in [0.2, 0.25) is 5.91 Å². The number of carbonyl (C=O) groups is 2. The Balaban J connectivity index is 2.26. The van der Waals surface area contributed by atoms with Gasteiger partial charge in [-0.05, 0) is 37.1 Å². The zero-order chi connectivity index (χ0) is 14.1. The minimum atomic E-state index is -0.521. The summed E-state index contributed by atoms with van der Waals surface area (Å²) in [5.74, 6) is -0.263. The highest BCUT2D eigenvalue weighted by Crippen LogP contribution is 2.13. The van der Waals surface area contributed by atoms with E-state index < -0.39 is 6.03 Å². The summed E-state index contributed by atoms with van der Waals surface area (Å²) in [5.41, 5.74) is 0.592. The van der Waals surface area contributed by atoms with E-state index in [0.29, 0.717) is 17.1 Å². The first kappa shape index (κ1) is 16.0. The number of alkyl halides is 1. The predicted octanol–water partition coefficient (Wildman–Crippen LogP) is 3.94. The van der Waals surface area contributed by atoms with E-state index in [4.69, 9.17) is 11.6 Å². The molecule has 4 nitrogen and oxygen atoms in total. The number of carbonyl (C=O) groups excluding carboxylic acids is 2. The second-order valence-electron chi connectivity index (χ2n) is 4.01. The molecule has 2 N–H and O–H groups in total. The van der Waals surface area contributed by atoms with Crippen LogP contribution in [0, 0.1) is 0 Å². The molecule has 1 aromatic rings. The molecule has 0 bridgehead atoms. The molecule has 0 aliphatic rings. The summed E-state index contributed by atoms with van der Waals surface area (Å²) in [6.07, 6.45) is 3.15. The molecule has 0 unspecified atom stereocenters. The quantitative estimate of drug-likeness (QED) is 0.605. The van der Waals surface area contributed by atoms with Crippen molar-refractivity contribution in [1.82, 2.24) is 5.32 Å². The largest absolute Gasteiger partial charge is 0.325 e. The van der Waals surface area contributed by atoms with E-state index in [0.717, 1.165) is 24.6 Å². The molecule has 0 spiro atoms. The third-order valence-corrected chi connectivity index (χ3v) is 3.21. The highest BCUT2D eigenvalue weighted by Gasteiger charge is 2.07. The molecule has 19 heavy (non-hydrogen) atoms. The molecular weight excluding hydrogens is 332 g/mol. The topological polar surface area (TPSA) is 58.2 Å². The van der Waals surface area contributed by atoms with Crippen molar-refractivity contribution in [2.45, 2.75) is 25.7 Å². The third-order valence-electron chi connectivity index (χ3n) is 2.39. The number of imide groups is 1. The van der Waals surface area contributed by atoms with E-state index in [2.05, 4.69) is 26.6 Å². The monoisotopic (exact) mass is 346 g/mol. The third kappa shape index (κ3) is 7.18. The van der Waals surface area contributed by atoms with Crippen LogP contribution in [-0.4, -0.2) is 17.3 Å². The Morgan fingerprint density at radius 1 is 1.11 bits per heavy atom. The molecule has 104 valence electrons. The number of unbranched alkanes of at least 4 members (excludes halogenated alkanes) is 2. The SMILES string of the molecule is O=C(CCCCCBr)NC(=O)Nc1ccc(Cl)cc1. The van der Waals surface area contributed by atoms with Crippen molar-refractivity contribution in [3.63, 3.8) is 0 Å². The molecule has 0 saturated heterocycles. The van der Waals surface area contributed by atoms with Crippen molar-refractivity contribution in [2.24, 2.45) is 0 Å². The average Bonchev–Trinajstić information content (AvgIpc) is 2.37. The molecular formula is C13H16BrClN2O2. The van der Waals surface area contributed by atoms with Crippen molar-refractivity contribution >= 4 is 45.2 Å². The van der Waals surface area contributed by atoms with Gasteiger partial charge in [0, 0.05) is 22.5 Å². The van der Waals surface area contributed by atoms with Crippen LogP contribution in [0.2, 0.25) is 5.02 Å². The molecule has 3 amide bonds. The van der Waals surface area contributed by atoms with Gasteiger partial charge in [0.15, 0.2) is 0 Å². The molecule has 6 heteroatoms. The van der Waals surface area contributed by atoms with Gasteiger partial charge in [-0.25, -0.2) is 4.79 Å². The minimum Gasteiger partial charge on any atom is -0.308 e. The first-order chi connectivity index (χ1) is 9.11. The predicted molar refractivity (Wildman–Crippen MR) is 80.9 cm³/mol. The van der Waals surface area contributed by atoms with Gasteiger partial charge in [-0.2, -0.15) is 0 Å². The summed E-state index contributed by atoms with van der Waals surface area (Å²) < 4.78 is 0. The average molecular weight is 348 g/mol. The van der Waals surface area contributed by atoms with E-state index in [9.17, 15) is 9.59 Å². The fourth-order valence-electron chi connectivity index (χ4n) is 1.44. The van der Waals surface area contributed by atoms with Crippen LogP contribution in [0.25, 0.3) is 0 Å². The van der Waals surface area contributed by atoms with E-state index in [1.807, 2.05) is 0 Å². The Labute approximate surface area is 126 Å². The van der Waals surface area contributed by atoms with Crippen molar-refractivity contribution in [3.05, 3.63) is 29.3 Å². The number of rotatable bonds is 6. The smallest absolute Gasteiger partial charge is 0.308 e. The van der Waals surface area contributed by atoms with Gasteiger partial charge in [0.1, 0.15) is 0 Å². The van der Waals surface area contributed by atoms with Crippen LogP contribution in [0.4, 0.5) is 10.5 Å². The van der Waals surface area contributed by atoms with Gasteiger partial charge in [-0.15, -0.1) is 0 Å². The van der Waals surface area contributed by atoms with Crippen LogP contribution in [-0.2, 0) is 4.79 Å². The normalized spacial score (nSPS) is 10.0. The summed E-state index contributed by atoms with van der Waals surface area (Å²) in [6, 6.07) is 6.15. The minimum absolute atomic E-state index is 0.263. The second kappa shape index (κ2) is 8.93. The molecule has 0 fully saturated rings. The van der Waals surface area contributed by atoms with Gasteiger partial charge >= 0.3 is 6.03 Å². The summed E-state index contributed by atoms with van der Waals surface area (Å²) in [6.45, 7) is 0. The lowest BCUT2D eigenvalue weighted by Crippen LogP contribution is -2.34. The number of amides is 3. The molecule has 0 radical (unpaired) electrons. The van der Waals surface area contributed by atoms with E-state index in [1.165, 1.54) is 0 Å².